The summed E-state index contributed by atoms with van der Waals surface area (Å²) >= 11 is 0. The number of aromatic nitrogens is 2. The molecular weight excluding hydrogens is 338 g/mol. The number of nitrogens with zero attached hydrogens (tertiary/aromatic N) is 5. The molecule has 9 nitrogen and oxygen atoms in total. The molecule has 0 saturated heterocycles. The Labute approximate surface area is 148 Å². The molecule has 0 aliphatic carbocycles. The molecular formula is C17H17N5O4. The molecule has 9 heteroatoms. The minimum Gasteiger partial charge on any atom is -0.504 e. The minimum atomic E-state index is -0.510. The van der Waals surface area contributed by atoms with Crippen LogP contribution >= 0.6 is 0 Å². The molecule has 0 aliphatic heterocycles. The molecule has 3 aromatic rings. The first-order valence-corrected chi connectivity index (χ1v) is 7.86. The zero-order chi connectivity index (χ0) is 18.8. The van der Waals surface area contributed by atoms with Gasteiger partial charge >= 0.3 is 0 Å². The van der Waals surface area contributed by atoms with E-state index in [-0.39, 0.29) is 23.0 Å². The number of ether oxygens (including phenoxy) is 1. The van der Waals surface area contributed by atoms with Crippen molar-refractivity contribution in [2.24, 2.45) is 10.2 Å². The molecule has 0 spiro atoms. The Hall–Kier alpha value is -3.49. The molecule has 1 N–H and O–H groups in total. The molecule has 3 rings (SSSR count). The van der Waals surface area contributed by atoms with Gasteiger partial charge in [0.05, 0.1) is 17.7 Å². The summed E-state index contributed by atoms with van der Waals surface area (Å²) in [5.41, 5.74) is 1.14. The van der Waals surface area contributed by atoms with Gasteiger partial charge in [0.15, 0.2) is 17.2 Å². The van der Waals surface area contributed by atoms with Crippen LogP contribution in [0.2, 0.25) is 0 Å². The fraction of sp³-hybridized carbons (Fsp3) is 0.235. The van der Waals surface area contributed by atoms with Crippen molar-refractivity contribution in [2.45, 2.75) is 19.8 Å². The number of non-ortho nitro benzene ring substituents is 1. The summed E-state index contributed by atoms with van der Waals surface area (Å²) < 4.78 is 6.82. The molecule has 2 heterocycles. The van der Waals surface area contributed by atoms with Gasteiger partial charge in [-0.1, -0.05) is 13.8 Å². The first-order valence-electron chi connectivity index (χ1n) is 7.86. The van der Waals surface area contributed by atoms with Crippen molar-refractivity contribution >= 4 is 22.8 Å². The number of nitro groups is 1. The molecule has 0 amide bonds. The Morgan fingerprint density at radius 3 is 2.73 bits per heavy atom. The van der Waals surface area contributed by atoms with Crippen LogP contribution in [0.3, 0.4) is 0 Å². The van der Waals surface area contributed by atoms with Gasteiger partial charge in [-0.2, -0.15) is 0 Å². The van der Waals surface area contributed by atoms with E-state index in [0.717, 1.165) is 0 Å². The highest BCUT2D eigenvalue weighted by Gasteiger charge is 2.17. The molecule has 0 aliphatic rings. The van der Waals surface area contributed by atoms with Crippen LogP contribution in [-0.2, 0) is 0 Å². The molecule has 1 aromatic carbocycles. The van der Waals surface area contributed by atoms with Crippen LogP contribution in [0.5, 0.6) is 11.5 Å². The Morgan fingerprint density at radius 1 is 1.31 bits per heavy atom. The van der Waals surface area contributed by atoms with Crippen molar-refractivity contribution in [2.75, 3.05) is 7.11 Å². The number of hydrogen-bond acceptors (Lipinski definition) is 7. The van der Waals surface area contributed by atoms with Crippen LogP contribution in [0, 0.1) is 10.1 Å². The van der Waals surface area contributed by atoms with Crippen molar-refractivity contribution in [3.05, 3.63) is 52.3 Å². The molecule has 0 bridgehead atoms. The Morgan fingerprint density at radius 2 is 2.08 bits per heavy atom. The Bertz CT molecular complexity index is 1010. The van der Waals surface area contributed by atoms with Gasteiger partial charge in [0.25, 0.3) is 5.69 Å². The number of rotatable bonds is 5. The minimum absolute atomic E-state index is 0.0313. The summed E-state index contributed by atoms with van der Waals surface area (Å²) in [7, 11) is 1.45. The molecule has 0 unspecified atom stereocenters. The van der Waals surface area contributed by atoms with E-state index in [2.05, 4.69) is 15.2 Å². The third-order valence-corrected chi connectivity index (χ3v) is 3.80. The van der Waals surface area contributed by atoms with Crippen molar-refractivity contribution in [3.8, 4) is 11.5 Å². The number of methoxy groups -OCH3 is 1. The maximum atomic E-state index is 11.0. The third-order valence-electron chi connectivity index (χ3n) is 3.80. The Kier molecular flexibility index (Phi) is 4.53. The first-order chi connectivity index (χ1) is 12.4. The van der Waals surface area contributed by atoms with E-state index in [0.29, 0.717) is 22.9 Å². The maximum Gasteiger partial charge on any atom is 0.271 e. The summed E-state index contributed by atoms with van der Waals surface area (Å²) in [6.45, 7) is 3.90. The SMILES string of the molecule is COc1ccc([N+](=O)[O-])cc1N=Nc1c(C(C)C)nc2c(O)cccn12. The monoisotopic (exact) mass is 355 g/mol. The number of nitro benzene ring substituents is 1. The summed E-state index contributed by atoms with van der Waals surface area (Å²) in [5.74, 6) is 0.876. The van der Waals surface area contributed by atoms with Crippen molar-refractivity contribution in [1.29, 1.82) is 0 Å². The molecule has 0 fully saturated rings. The maximum absolute atomic E-state index is 11.0. The number of pyridine rings is 1. The van der Waals surface area contributed by atoms with Crippen LogP contribution in [-0.4, -0.2) is 26.5 Å². The lowest BCUT2D eigenvalue weighted by Crippen LogP contribution is -1.90. The summed E-state index contributed by atoms with van der Waals surface area (Å²) in [4.78, 5) is 14.9. The fourth-order valence-electron chi connectivity index (χ4n) is 2.52. The average Bonchev–Trinajstić information content (AvgIpc) is 3.00. The number of fused-ring (bicyclic) bond motifs is 1. The van der Waals surface area contributed by atoms with Crippen LogP contribution in [0.25, 0.3) is 5.65 Å². The number of aromatic hydroxyl groups is 1. The van der Waals surface area contributed by atoms with Crippen LogP contribution in [0.4, 0.5) is 17.2 Å². The number of azo groups is 1. The lowest BCUT2D eigenvalue weighted by atomic mass is 10.1. The van der Waals surface area contributed by atoms with Gasteiger partial charge in [0.1, 0.15) is 11.4 Å². The van der Waals surface area contributed by atoms with Gasteiger partial charge in [-0.15, -0.1) is 10.2 Å². The number of hydrogen-bond donors (Lipinski definition) is 1. The quantitative estimate of drug-likeness (QED) is 0.411. The van der Waals surface area contributed by atoms with Gasteiger partial charge in [-0.25, -0.2) is 4.98 Å². The second-order valence-corrected chi connectivity index (χ2v) is 5.88. The van der Waals surface area contributed by atoms with Crippen molar-refractivity contribution < 1.29 is 14.8 Å². The molecule has 0 radical (unpaired) electrons. The zero-order valence-electron chi connectivity index (χ0n) is 14.4. The van der Waals surface area contributed by atoms with E-state index in [9.17, 15) is 15.2 Å². The van der Waals surface area contributed by atoms with Crippen LogP contribution in [0.1, 0.15) is 25.5 Å². The molecule has 2 aromatic heterocycles. The largest absolute Gasteiger partial charge is 0.504 e. The smallest absolute Gasteiger partial charge is 0.271 e. The molecule has 26 heavy (non-hydrogen) atoms. The number of imidazole rings is 1. The molecule has 0 atom stereocenters. The highest BCUT2D eigenvalue weighted by Crippen LogP contribution is 2.35. The van der Waals surface area contributed by atoms with Crippen molar-refractivity contribution in [3.63, 3.8) is 0 Å². The van der Waals surface area contributed by atoms with Gasteiger partial charge in [-0.05, 0) is 24.1 Å². The second kappa shape index (κ2) is 6.79. The Balaban J connectivity index is 2.14. The van der Waals surface area contributed by atoms with Crippen molar-refractivity contribution in [1.82, 2.24) is 9.38 Å². The number of benzene rings is 1. The highest BCUT2D eigenvalue weighted by atomic mass is 16.6. The van der Waals surface area contributed by atoms with E-state index >= 15 is 0 Å². The third kappa shape index (κ3) is 3.06. The topological polar surface area (TPSA) is 115 Å². The van der Waals surface area contributed by atoms with E-state index in [4.69, 9.17) is 4.74 Å². The van der Waals surface area contributed by atoms with Gasteiger partial charge in [0.2, 0.25) is 0 Å². The van der Waals surface area contributed by atoms with E-state index in [1.54, 1.807) is 16.7 Å². The van der Waals surface area contributed by atoms with Gasteiger partial charge in [-0.3, -0.25) is 14.5 Å². The standard InChI is InChI=1S/C17H17N5O4/c1-10(2)15-17(21-8-4-5-13(23)16(21)18-15)20-19-12-9-11(22(24)25)6-7-14(12)26-3/h4-10,23H,1-3H3. The highest BCUT2D eigenvalue weighted by molar-refractivity contribution is 5.61. The molecule has 0 saturated carbocycles. The van der Waals surface area contributed by atoms with Crippen LogP contribution < -0.4 is 4.74 Å². The van der Waals surface area contributed by atoms with E-state index in [1.807, 2.05) is 13.8 Å². The van der Waals surface area contributed by atoms with Crippen LogP contribution in [0.15, 0.2) is 46.8 Å². The van der Waals surface area contributed by atoms with E-state index in [1.165, 1.54) is 31.4 Å². The van der Waals surface area contributed by atoms with E-state index < -0.39 is 4.92 Å². The second-order valence-electron chi connectivity index (χ2n) is 5.88. The normalized spacial score (nSPS) is 11.5. The van der Waals surface area contributed by atoms with Gasteiger partial charge < -0.3 is 9.84 Å². The average molecular weight is 355 g/mol. The summed E-state index contributed by atoms with van der Waals surface area (Å²) in [6.07, 6.45) is 1.72. The zero-order valence-corrected chi connectivity index (χ0v) is 14.4. The fourth-order valence-corrected chi connectivity index (χ4v) is 2.52. The van der Waals surface area contributed by atoms with Gasteiger partial charge in [0, 0.05) is 18.3 Å². The summed E-state index contributed by atoms with van der Waals surface area (Å²) in [6, 6.07) is 7.30. The lowest BCUT2D eigenvalue weighted by Gasteiger charge is -2.04. The lowest BCUT2D eigenvalue weighted by molar-refractivity contribution is -0.384. The first kappa shape index (κ1) is 17.3. The predicted molar refractivity (Wildman–Crippen MR) is 94.8 cm³/mol. The summed E-state index contributed by atoms with van der Waals surface area (Å²) in [5, 5.41) is 29.4. The molecule has 134 valence electrons. The predicted octanol–water partition coefficient (Wildman–Crippen LogP) is 4.50.